The van der Waals surface area contributed by atoms with E-state index < -0.39 is 5.97 Å². The number of thioether (sulfide) groups is 1. The number of aliphatic carboxylic acids is 1. The van der Waals surface area contributed by atoms with Gasteiger partial charge in [0.15, 0.2) is 0 Å². The van der Waals surface area contributed by atoms with Crippen LogP contribution in [0.25, 0.3) is 6.08 Å². The Morgan fingerprint density at radius 3 is 2.92 bits per heavy atom. The van der Waals surface area contributed by atoms with Crippen LogP contribution < -0.4 is 4.74 Å². The zero-order chi connectivity index (χ0) is 18.4. The zero-order valence-corrected chi connectivity index (χ0v) is 16.9. The Bertz CT molecular complexity index is 721. The lowest BCUT2D eigenvalue weighted by Gasteiger charge is -2.12. The molecule has 0 aromatic heterocycles. The number of ether oxygens (including phenoxy) is 1. The van der Waals surface area contributed by atoms with Gasteiger partial charge < -0.3 is 9.84 Å². The summed E-state index contributed by atoms with van der Waals surface area (Å²) in [7, 11) is 0. The van der Waals surface area contributed by atoms with E-state index in [9.17, 15) is 9.59 Å². The van der Waals surface area contributed by atoms with Crippen LogP contribution in [-0.2, 0) is 9.59 Å². The molecule has 0 atom stereocenters. The van der Waals surface area contributed by atoms with Gasteiger partial charge in [0.1, 0.15) is 10.1 Å². The van der Waals surface area contributed by atoms with Crippen molar-refractivity contribution in [3.05, 3.63) is 33.1 Å². The second-order valence-corrected chi connectivity index (χ2v) is 7.95. The normalized spacial score (nSPS) is 15.9. The molecule has 0 unspecified atom stereocenters. The summed E-state index contributed by atoms with van der Waals surface area (Å²) in [6, 6.07) is 5.62. The topological polar surface area (TPSA) is 66.8 Å². The van der Waals surface area contributed by atoms with E-state index in [1.165, 1.54) is 16.7 Å². The van der Waals surface area contributed by atoms with E-state index in [1.54, 1.807) is 6.08 Å². The lowest BCUT2D eigenvalue weighted by molar-refractivity contribution is -0.137. The summed E-state index contributed by atoms with van der Waals surface area (Å²) in [4.78, 5) is 25.0. The molecule has 25 heavy (non-hydrogen) atoms. The molecular formula is C17H18BrNO4S2. The zero-order valence-electron chi connectivity index (χ0n) is 13.7. The Morgan fingerprint density at radius 2 is 2.24 bits per heavy atom. The number of hydrogen-bond donors (Lipinski definition) is 1. The fourth-order valence-corrected chi connectivity index (χ4v) is 3.81. The van der Waals surface area contributed by atoms with Gasteiger partial charge in [-0.25, -0.2) is 0 Å². The number of carboxylic acids is 1. The van der Waals surface area contributed by atoms with Gasteiger partial charge in [0, 0.05) is 16.6 Å². The first-order valence-corrected chi connectivity index (χ1v) is 9.83. The molecule has 1 amide bonds. The number of carboxylic acid groups (broad SMARTS) is 1. The quantitative estimate of drug-likeness (QED) is 0.366. The van der Waals surface area contributed by atoms with Crippen molar-refractivity contribution in [2.75, 3.05) is 13.2 Å². The van der Waals surface area contributed by atoms with Gasteiger partial charge in [0.2, 0.25) is 0 Å². The number of thiocarbonyl (C=S) groups is 1. The van der Waals surface area contributed by atoms with Gasteiger partial charge in [-0.05, 0) is 30.7 Å². The van der Waals surface area contributed by atoms with Crippen molar-refractivity contribution in [1.29, 1.82) is 0 Å². The van der Waals surface area contributed by atoms with Gasteiger partial charge in [0.25, 0.3) is 5.91 Å². The summed E-state index contributed by atoms with van der Waals surface area (Å²) < 4.78 is 7.05. The average Bonchev–Trinajstić information content (AvgIpc) is 2.81. The van der Waals surface area contributed by atoms with E-state index in [2.05, 4.69) is 22.9 Å². The smallest absolute Gasteiger partial charge is 0.305 e. The van der Waals surface area contributed by atoms with E-state index >= 15 is 0 Å². The summed E-state index contributed by atoms with van der Waals surface area (Å²) >= 11 is 9.81. The molecule has 5 nitrogen and oxygen atoms in total. The third kappa shape index (κ3) is 5.55. The first kappa shape index (κ1) is 19.9. The highest BCUT2D eigenvalue weighted by molar-refractivity contribution is 9.10. The Hall–Kier alpha value is -1.38. The second kappa shape index (κ2) is 9.35. The van der Waals surface area contributed by atoms with Crippen LogP contribution in [0, 0.1) is 0 Å². The van der Waals surface area contributed by atoms with E-state index in [4.69, 9.17) is 22.1 Å². The third-order valence-corrected chi connectivity index (χ3v) is 5.31. The highest BCUT2D eigenvalue weighted by Crippen LogP contribution is 2.35. The molecule has 0 spiro atoms. The van der Waals surface area contributed by atoms with Crippen molar-refractivity contribution < 1.29 is 19.4 Å². The van der Waals surface area contributed by atoms with Crippen LogP contribution in [0.15, 0.2) is 27.6 Å². The second-order valence-electron chi connectivity index (χ2n) is 5.36. The Kier molecular flexibility index (Phi) is 7.46. The van der Waals surface area contributed by atoms with E-state index in [0.29, 0.717) is 21.6 Å². The largest absolute Gasteiger partial charge is 0.493 e. The minimum absolute atomic E-state index is 0.0790. The van der Waals surface area contributed by atoms with Crippen molar-refractivity contribution in [1.82, 2.24) is 4.90 Å². The number of rotatable bonds is 8. The molecule has 0 aliphatic carbocycles. The van der Waals surface area contributed by atoms with Crippen LogP contribution in [0.2, 0.25) is 0 Å². The lowest BCUT2D eigenvalue weighted by Crippen LogP contribution is -2.30. The standard InChI is InChI=1S/C17H18BrNO4S2/c1-2-3-8-23-13-5-4-12(18)9-11(13)10-14-16(22)19(17(24)25-14)7-6-15(20)21/h4-5,9-10H,2-3,6-8H2,1H3,(H,20,21). The molecule has 0 bridgehead atoms. The predicted molar refractivity (Wildman–Crippen MR) is 107 cm³/mol. The fraction of sp³-hybridized carbons (Fsp3) is 0.353. The van der Waals surface area contributed by atoms with Crippen molar-refractivity contribution in [2.24, 2.45) is 0 Å². The van der Waals surface area contributed by atoms with Crippen LogP contribution in [0.1, 0.15) is 31.7 Å². The summed E-state index contributed by atoms with van der Waals surface area (Å²) in [6.07, 6.45) is 3.59. The maximum Gasteiger partial charge on any atom is 0.305 e. The highest BCUT2D eigenvalue weighted by atomic mass is 79.9. The van der Waals surface area contributed by atoms with Crippen LogP contribution >= 0.6 is 39.9 Å². The van der Waals surface area contributed by atoms with Crippen LogP contribution in [-0.4, -0.2) is 39.4 Å². The molecule has 1 fully saturated rings. The Labute approximate surface area is 164 Å². The highest BCUT2D eigenvalue weighted by Gasteiger charge is 2.32. The Morgan fingerprint density at radius 1 is 1.48 bits per heavy atom. The number of carbonyl (C=O) groups excluding carboxylic acids is 1. The predicted octanol–water partition coefficient (Wildman–Crippen LogP) is 4.30. The molecule has 1 aliphatic heterocycles. The number of amides is 1. The molecular weight excluding hydrogens is 426 g/mol. The molecule has 1 aliphatic rings. The number of unbranched alkanes of at least 4 members (excludes halogenated alkanes) is 1. The van der Waals surface area contributed by atoms with Crippen molar-refractivity contribution in [3.8, 4) is 5.75 Å². The lowest BCUT2D eigenvalue weighted by atomic mass is 10.2. The molecule has 1 N–H and O–H groups in total. The Balaban J connectivity index is 2.21. The molecule has 0 radical (unpaired) electrons. The molecule has 0 saturated carbocycles. The number of carbonyl (C=O) groups is 2. The summed E-state index contributed by atoms with van der Waals surface area (Å²) in [5.74, 6) is -0.528. The van der Waals surface area contributed by atoms with E-state index in [-0.39, 0.29) is 18.9 Å². The molecule has 2 rings (SSSR count). The molecule has 1 aromatic rings. The first-order chi connectivity index (χ1) is 11.9. The number of nitrogens with zero attached hydrogens (tertiary/aromatic N) is 1. The molecule has 8 heteroatoms. The minimum atomic E-state index is -0.961. The van der Waals surface area contributed by atoms with Crippen LogP contribution in [0.4, 0.5) is 0 Å². The van der Waals surface area contributed by atoms with E-state index in [1.807, 2.05) is 18.2 Å². The monoisotopic (exact) mass is 443 g/mol. The molecule has 1 aromatic carbocycles. The van der Waals surface area contributed by atoms with Gasteiger partial charge in [-0.1, -0.05) is 53.3 Å². The minimum Gasteiger partial charge on any atom is -0.493 e. The van der Waals surface area contributed by atoms with Crippen molar-refractivity contribution >= 4 is 62.2 Å². The summed E-state index contributed by atoms with van der Waals surface area (Å²) in [5.41, 5.74) is 0.782. The number of halogens is 1. The van der Waals surface area contributed by atoms with Gasteiger partial charge in [-0.3, -0.25) is 14.5 Å². The maximum atomic E-state index is 12.5. The van der Waals surface area contributed by atoms with Gasteiger partial charge in [0.05, 0.1) is 17.9 Å². The summed E-state index contributed by atoms with van der Waals surface area (Å²) in [6.45, 7) is 2.78. The fourth-order valence-electron chi connectivity index (χ4n) is 2.13. The average molecular weight is 444 g/mol. The maximum absolute atomic E-state index is 12.5. The van der Waals surface area contributed by atoms with Crippen LogP contribution in [0.5, 0.6) is 5.75 Å². The third-order valence-electron chi connectivity index (χ3n) is 3.44. The molecule has 134 valence electrons. The van der Waals surface area contributed by atoms with Gasteiger partial charge in [-0.2, -0.15) is 0 Å². The van der Waals surface area contributed by atoms with Crippen molar-refractivity contribution in [2.45, 2.75) is 26.2 Å². The van der Waals surface area contributed by atoms with E-state index in [0.717, 1.165) is 22.9 Å². The molecule has 1 heterocycles. The van der Waals surface area contributed by atoms with Gasteiger partial charge in [-0.15, -0.1) is 0 Å². The molecule has 1 saturated heterocycles. The number of benzene rings is 1. The van der Waals surface area contributed by atoms with Crippen LogP contribution in [0.3, 0.4) is 0 Å². The van der Waals surface area contributed by atoms with Gasteiger partial charge >= 0.3 is 5.97 Å². The SMILES string of the molecule is CCCCOc1ccc(Br)cc1C=C1SC(=S)N(CCC(=O)O)C1=O. The summed E-state index contributed by atoms with van der Waals surface area (Å²) in [5, 5.41) is 8.79. The first-order valence-electron chi connectivity index (χ1n) is 7.82. The number of hydrogen-bond acceptors (Lipinski definition) is 5. The van der Waals surface area contributed by atoms with Crippen molar-refractivity contribution in [3.63, 3.8) is 0 Å².